The standard InChI is InChI=1S/C14H19FN2O3/c1-14(2,3)13(19)20-17-8-9-5-6-10(15)7-11(9)12(18)16-4/h5-7,17H,8H2,1-4H3,(H,16,18). The number of nitrogens with one attached hydrogen (secondary N) is 2. The number of hydrogen-bond acceptors (Lipinski definition) is 4. The van der Waals surface area contributed by atoms with Gasteiger partial charge in [0, 0.05) is 12.6 Å². The summed E-state index contributed by atoms with van der Waals surface area (Å²) in [5.74, 6) is -1.32. The van der Waals surface area contributed by atoms with Crippen LogP contribution in [0.4, 0.5) is 4.39 Å². The Hall–Kier alpha value is -1.95. The lowest BCUT2D eigenvalue weighted by molar-refractivity contribution is -0.161. The summed E-state index contributed by atoms with van der Waals surface area (Å²) in [5.41, 5.74) is 2.60. The van der Waals surface area contributed by atoms with Gasteiger partial charge in [-0.25, -0.2) is 9.18 Å². The van der Waals surface area contributed by atoms with Gasteiger partial charge in [0.05, 0.1) is 12.0 Å². The van der Waals surface area contributed by atoms with Crippen LogP contribution in [0.2, 0.25) is 0 Å². The van der Waals surface area contributed by atoms with Crippen molar-refractivity contribution in [3.05, 3.63) is 35.1 Å². The molecule has 0 spiro atoms. The van der Waals surface area contributed by atoms with Gasteiger partial charge in [0.25, 0.3) is 5.91 Å². The highest BCUT2D eigenvalue weighted by atomic mass is 19.1. The Morgan fingerprint density at radius 3 is 2.50 bits per heavy atom. The van der Waals surface area contributed by atoms with Crippen LogP contribution in [-0.2, 0) is 16.2 Å². The molecule has 0 fully saturated rings. The van der Waals surface area contributed by atoms with E-state index in [0.717, 1.165) is 6.07 Å². The minimum absolute atomic E-state index is 0.116. The Kier molecular flexibility index (Phi) is 5.21. The highest BCUT2D eigenvalue weighted by molar-refractivity contribution is 5.95. The molecule has 0 saturated heterocycles. The molecule has 5 nitrogen and oxygen atoms in total. The maximum Gasteiger partial charge on any atom is 0.329 e. The largest absolute Gasteiger partial charge is 0.370 e. The molecule has 1 amide bonds. The van der Waals surface area contributed by atoms with Crippen LogP contribution in [0.3, 0.4) is 0 Å². The lowest BCUT2D eigenvalue weighted by atomic mass is 9.98. The number of hydrogen-bond donors (Lipinski definition) is 2. The van der Waals surface area contributed by atoms with E-state index in [0.29, 0.717) is 5.56 Å². The second kappa shape index (κ2) is 6.47. The van der Waals surface area contributed by atoms with E-state index in [1.54, 1.807) is 20.8 Å². The van der Waals surface area contributed by atoms with Crippen molar-refractivity contribution in [3.8, 4) is 0 Å². The third-order valence-corrected chi connectivity index (χ3v) is 2.58. The molecular formula is C14H19FN2O3. The predicted molar refractivity (Wildman–Crippen MR) is 72.2 cm³/mol. The van der Waals surface area contributed by atoms with Gasteiger partial charge in [-0.2, -0.15) is 0 Å². The van der Waals surface area contributed by atoms with Crippen molar-refractivity contribution in [2.24, 2.45) is 5.41 Å². The summed E-state index contributed by atoms with van der Waals surface area (Å²) in [6, 6.07) is 3.86. The number of hydroxylamine groups is 1. The Bertz CT molecular complexity index is 510. The van der Waals surface area contributed by atoms with Gasteiger partial charge in [0.1, 0.15) is 5.82 Å². The number of halogens is 1. The molecule has 0 aliphatic carbocycles. The third-order valence-electron chi connectivity index (χ3n) is 2.58. The first-order chi connectivity index (χ1) is 9.25. The fourth-order valence-corrected chi connectivity index (χ4v) is 1.38. The summed E-state index contributed by atoms with van der Waals surface area (Å²) in [5, 5.41) is 2.43. The van der Waals surface area contributed by atoms with Crippen molar-refractivity contribution in [1.29, 1.82) is 0 Å². The van der Waals surface area contributed by atoms with Gasteiger partial charge in [-0.1, -0.05) is 6.07 Å². The molecule has 0 aliphatic heterocycles. The molecule has 0 atom stereocenters. The van der Waals surface area contributed by atoms with Crippen molar-refractivity contribution >= 4 is 11.9 Å². The summed E-state index contributed by atoms with van der Waals surface area (Å²) >= 11 is 0. The van der Waals surface area contributed by atoms with Crippen molar-refractivity contribution in [3.63, 3.8) is 0 Å². The molecular weight excluding hydrogens is 263 g/mol. The van der Waals surface area contributed by atoms with Crippen molar-refractivity contribution in [1.82, 2.24) is 10.8 Å². The molecule has 20 heavy (non-hydrogen) atoms. The van der Waals surface area contributed by atoms with Gasteiger partial charge < -0.3 is 10.2 Å². The Morgan fingerprint density at radius 2 is 1.95 bits per heavy atom. The van der Waals surface area contributed by atoms with E-state index < -0.39 is 23.1 Å². The maximum atomic E-state index is 13.2. The second-order valence-corrected chi connectivity index (χ2v) is 5.34. The zero-order valence-corrected chi connectivity index (χ0v) is 12.0. The average Bonchev–Trinajstić information content (AvgIpc) is 2.38. The monoisotopic (exact) mass is 282 g/mol. The molecule has 1 aromatic carbocycles. The summed E-state index contributed by atoms with van der Waals surface area (Å²) in [7, 11) is 1.46. The summed E-state index contributed by atoms with van der Waals surface area (Å²) in [6.45, 7) is 5.30. The quantitative estimate of drug-likeness (QED) is 0.826. The first-order valence-corrected chi connectivity index (χ1v) is 6.20. The SMILES string of the molecule is CNC(=O)c1cc(F)ccc1CNOC(=O)C(C)(C)C. The molecule has 1 rings (SSSR count). The highest BCUT2D eigenvalue weighted by Gasteiger charge is 2.23. The van der Waals surface area contributed by atoms with E-state index >= 15 is 0 Å². The first-order valence-electron chi connectivity index (χ1n) is 6.20. The van der Waals surface area contributed by atoms with Crippen molar-refractivity contribution in [2.45, 2.75) is 27.3 Å². The van der Waals surface area contributed by atoms with Crippen LogP contribution in [0.15, 0.2) is 18.2 Å². The van der Waals surface area contributed by atoms with E-state index in [4.69, 9.17) is 4.84 Å². The molecule has 0 bridgehead atoms. The number of carbonyl (C=O) groups is 2. The summed E-state index contributed by atoms with van der Waals surface area (Å²) in [4.78, 5) is 28.1. The third kappa shape index (κ3) is 4.31. The van der Waals surface area contributed by atoms with Crippen LogP contribution in [0, 0.1) is 11.2 Å². The maximum absolute atomic E-state index is 13.2. The van der Waals surface area contributed by atoms with E-state index in [2.05, 4.69) is 10.8 Å². The van der Waals surface area contributed by atoms with Crippen LogP contribution in [-0.4, -0.2) is 18.9 Å². The Balaban J connectivity index is 2.74. The van der Waals surface area contributed by atoms with Gasteiger partial charge in [0.2, 0.25) is 0 Å². The fraction of sp³-hybridized carbons (Fsp3) is 0.429. The molecule has 0 heterocycles. The lowest BCUT2D eigenvalue weighted by Gasteiger charge is -2.16. The van der Waals surface area contributed by atoms with E-state index in [1.165, 1.54) is 19.2 Å². The second-order valence-electron chi connectivity index (χ2n) is 5.34. The molecule has 0 aromatic heterocycles. The molecule has 6 heteroatoms. The van der Waals surface area contributed by atoms with Crippen LogP contribution in [0.5, 0.6) is 0 Å². The molecule has 0 aliphatic rings. The molecule has 0 radical (unpaired) electrons. The topological polar surface area (TPSA) is 67.4 Å². The average molecular weight is 282 g/mol. The first kappa shape index (κ1) is 16.1. The molecule has 110 valence electrons. The summed E-state index contributed by atoms with van der Waals surface area (Å²) < 4.78 is 13.2. The number of rotatable bonds is 4. The van der Waals surface area contributed by atoms with Gasteiger partial charge in [-0.3, -0.25) is 4.79 Å². The zero-order chi connectivity index (χ0) is 15.3. The minimum Gasteiger partial charge on any atom is -0.370 e. The van der Waals surface area contributed by atoms with Crippen molar-refractivity contribution < 1.29 is 18.8 Å². The van der Waals surface area contributed by atoms with E-state index in [9.17, 15) is 14.0 Å². The number of amides is 1. The lowest BCUT2D eigenvalue weighted by Crippen LogP contribution is -2.30. The highest BCUT2D eigenvalue weighted by Crippen LogP contribution is 2.15. The van der Waals surface area contributed by atoms with Gasteiger partial charge in [-0.05, 0) is 38.5 Å². The smallest absolute Gasteiger partial charge is 0.329 e. The molecule has 2 N–H and O–H groups in total. The Labute approximate surface area is 117 Å². The molecule has 0 saturated carbocycles. The van der Waals surface area contributed by atoms with Crippen LogP contribution in [0.25, 0.3) is 0 Å². The predicted octanol–water partition coefficient (Wildman–Crippen LogP) is 1.78. The number of benzene rings is 1. The van der Waals surface area contributed by atoms with Crippen molar-refractivity contribution in [2.75, 3.05) is 7.05 Å². The van der Waals surface area contributed by atoms with Gasteiger partial charge in [0.15, 0.2) is 0 Å². The van der Waals surface area contributed by atoms with Gasteiger partial charge >= 0.3 is 5.97 Å². The van der Waals surface area contributed by atoms with E-state index in [1.807, 2.05) is 0 Å². The van der Waals surface area contributed by atoms with Crippen LogP contribution in [0.1, 0.15) is 36.7 Å². The van der Waals surface area contributed by atoms with Gasteiger partial charge in [-0.15, -0.1) is 5.48 Å². The summed E-state index contributed by atoms with van der Waals surface area (Å²) in [6.07, 6.45) is 0. The van der Waals surface area contributed by atoms with E-state index in [-0.39, 0.29) is 12.1 Å². The molecule has 0 unspecified atom stereocenters. The minimum atomic E-state index is -0.626. The zero-order valence-electron chi connectivity index (χ0n) is 12.0. The normalized spacial score (nSPS) is 11.1. The van der Waals surface area contributed by atoms with Crippen LogP contribution >= 0.6 is 0 Å². The Morgan fingerprint density at radius 1 is 1.30 bits per heavy atom. The van der Waals surface area contributed by atoms with Crippen LogP contribution < -0.4 is 10.8 Å². The molecule has 1 aromatic rings. The number of carbonyl (C=O) groups excluding carboxylic acids is 2. The fourth-order valence-electron chi connectivity index (χ4n) is 1.38.